The number of hydrogen-bond donors (Lipinski definition) is 1. The van der Waals surface area contributed by atoms with E-state index in [0.717, 1.165) is 0 Å². The summed E-state index contributed by atoms with van der Waals surface area (Å²) in [6.45, 7) is 7.75. The number of halogens is 3. The molecule has 0 amide bonds. The molecule has 2 N–H and O–H groups in total. The summed E-state index contributed by atoms with van der Waals surface area (Å²) in [5.41, 5.74) is 2.95. The van der Waals surface area contributed by atoms with Crippen molar-refractivity contribution < 1.29 is 28.4 Å². The number of quaternary nitrogens is 1. The monoisotopic (exact) mass is 295 g/mol. The maximum absolute atomic E-state index is 10.5. The molecule has 0 saturated heterocycles. The van der Waals surface area contributed by atoms with Gasteiger partial charge in [-0.1, -0.05) is 23.3 Å². The lowest BCUT2D eigenvalue weighted by molar-refractivity contribution is -0.626. The average Bonchev–Trinajstić information content (AvgIpc) is 2.28. The fourth-order valence-electron chi connectivity index (χ4n) is 1.19. The van der Waals surface area contributed by atoms with Gasteiger partial charge in [0.15, 0.2) is 0 Å². The van der Waals surface area contributed by atoms with Crippen LogP contribution < -0.4 is 10.4 Å². The van der Waals surface area contributed by atoms with Crippen molar-refractivity contribution in [2.24, 2.45) is 0 Å². The Labute approximate surface area is 118 Å². The van der Waals surface area contributed by atoms with Gasteiger partial charge in [-0.15, -0.1) is 0 Å². The van der Waals surface area contributed by atoms with Gasteiger partial charge in [0.05, 0.1) is 13.6 Å². The second-order valence-corrected chi connectivity index (χ2v) is 4.64. The van der Waals surface area contributed by atoms with Gasteiger partial charge in [-0.3, -0.25) is 0 Å². The van der Waals surface area contributed by atoms with Crippen molar-refractivity contribution in [3.8, 4) is 0 Å². The SMILES string of the molecule is C[NH2+]CC/C=C(\C)CCC=C(C)C.O=C([O-])C(F)(F)F. The van der Waals surface area contributed by atoms with E-state index in [1.165, 1.54) is 37.0 Å². The van der Waals surface area contributed by atoms with E-state index in [1.54, 1.807) is 0 Å². The zero-order chi connectivity index (χ0) is 16.2. The first-order valence-corrected chi connectivity index (χ1v) is 6.46. The van der Waals surface area contributed by atoms with Crippen LogP contribution in [-0.2, 0) is 4.79 Å². The average molecular weight is 295 g/mol. The summed E-state index contributed by atoms with van der Waals surface area (Å²) < 4.78 is 31.5. The summed E-state index contributed by atoms with van der Waals surface area (Å²) in [6, 6.07) is 0. The summed E-state index contributed by atoms with van der Waals surface area (Å²) in [5.74, 6) is -3.01. The van der Waals surface area contributed by atoms with E-state index in [4.69, 9.17) is 9.90 Å². The largest absolute Gasteiger partial charge is 0.542 e. The molecule has 0 saturated carbocycles. The molecule has 0 atom stereocenters. The maximum atomic E-state index is 10.5. The van der Waals surface area contributed by atoms with E-state index in [1.807, 2.05) is 0 Å². The highest BCUT2D eigenvalue weighted by Crippen LogP contribution is 2.11. The fraction of sp³-hybridized carbons (Fsp3) is 0.643. The van der Waals surface area contributed by atoms with Crippen molar-refractivity contribution >= 4 is 5.97 Å². The Kier molecular flexibility index (Phi) is 12.1. The molecular weight excluding hydrogens is 271 g/mol. The van der Waals surface area contributed by atoms with E-state index in [2.05, 4.69) is 45.3 Å². The Hall–Kier alpha value is -1.30. The fourth-order valence-corrected chi connectivity index (χ4v) is 1.19. The third kappa shape index (κ3) is 16.7. The summed E-state index contributed by atoms with van der Waals surface area (Å²) >= 11 is 0. The van der Waals surface area contributed by atoms with Gasteiger partial charge in [0.1, 0.15) is 5.97 Å². The van der Waals surface area contributed by atoms with E-state index >= 15 is 0 Å². The van der Waals surface area contributed by atoms with Crippen LogP contribution in [0.25, 0.3) is 0 Å². The molecule has 0 rings (SSSR count). The lowest BCUT2D eigenvalue weighted by atomic mass is 10.1. The van der Waals surface area contributed by atoms with Gasteiger partial charge >= 0.3 is 6.18 Å². The van der Waals surface area contributed by atoms with Crippen molar-refractivity contribution in [1.82, 2.24) is 0 Å². The molecule has 0 spiro atoms. The molecule has 3 nitrogen and oxygen atoms in total. The molecule has 0 aromatic heterocycles. The number of rotatable bonds is 6. The Balaban J connectivity index is 0. The molecule has 6 heteroatoms. The van der Waals surface area contributed by atoms with Crippen molar-refractivity contribution in [3.05, 3.63) is 23.3 Å². The second-order valence-electron chi connectivity index (χ2n) is 4.64. The number of hydrogen-bond acceptors (Lipinski definition) is 2. The number of allylic oxidation sites excluding steroid dienone is 3. The van der Waals surface area contributed by atoms with Crippen molar-refractivity contribution in [2.75, 3.05) is 13.6 Å². The van der Waals surface area contributed by atoms with Crippen molar-refractivity contribution in [2.45, 2.75) is 46.2 Å². The first-order chi connectivity index (χ1) is 9.11. The maximum Gasteiger partial charge on any atom is 0.430 e. The molecule has 0 fully saturated rings. The highest BCUT2D eigenvalue weighted by atomic mass is 19.4. The van der Waals surface area contributed by atoms with Crippen molar-refractivity contribution in [1.29, 1.82) is 0 Å². The van der Waals surface area contributed by atoms with Crippen LogP contribution in [0.15, 0.2) is 23.3 Å². The van der Waals surface area contributed by atoms with Crippen LogP contribution in [0.3, 0.4) is 0 Å². The summed E-state index contributed by atoms with van der Waals surface area (Å²) in [7, 11) is 2.12. The van der Waals surface area contributed by atoms with E-state index in [-0.39, 0.29) is 0 Å². The number of alkyl halides is 3. The van der Waals surface area contributed by atoms with Gasteiger partial charge in [0.25, 0.3) is 0 Å². The Morgan fingerprint density at radius 1 is 1.15 bits per heavy atom. The van der Waals surface area contributed by atoms with Crippen LogP contribution in [0, 0.1) is 0 Å². The molecule has 0 aromatic rings. The number of aliphatic carboxylic acids is 1. The molecule has 0 aliphatic carbocycles. The van der Waals surface area contributed by atoms with Crippen LogP contribution in [-0.4, -0.2) is 25.7 Å². The predicted molar refractivity (Wildman–Crippen MR) is 70.8 cm³/mol. The molecule has 0 heterocycles. The molecular formula is C14H24F3NO2. The van der Waals surface area contributed by atoms with Gasteiger partial charge in [-0.25, -0.2) is 0 Å². The lowest BCUT2D eigenvalue weighted by Crippen LogP contribution is -2.79. The van der Waals surface area contributed by atoms with Gasteiger partial charge in [0, 0.05) is 6.42 Å². The van der Waals surface area contributed by atoms with Crippen LogP contribution in [0.1, 0.15) is 40.0 Å². The third-order valence-electron chi connectivity index (χ3n) is 2.27. The third-order valence-corrected chi connectivity index (χ3v) is 2.27. The Bertz CT molecular complexity index is 330. The molecule has 20 heavy (non-hydrogen) atoms. The minimum Gasteiger partial charge on any atom is -0.542 e. The zero-order valence-electron chi connectivity index (χ0n) is 12.5. The van der Waals surface area contributed by atoms with E-state index in [0.29, 0.717) is 0 Å². The first kappa shape index (κ1) is 21.0. The second kappa shape index (κ2) is 11.5. The normalized spacial score (nSPS) is 11.4. The summed E-state index contributed by atoms with van der Waals surface area (Å²) in [6.07, 6.45) is 3.09. The van der Waals surface area contributed by atoms with Gasteiger partial charge in [-0.2, -0.15) is 13.2 Å². The number of nitrogens with two attached hydrogens (primary N) is 1. The Morgan fingerprint density at radius 3 is 2.00 bits per heavy atom. The standard InChI is InChI=1S/C12H23N.C2HF3O2/c1-11(2)7-5-8-12(3)9-6-10-13-4;3-2(4,5)1(6)7/h7,9,13H,5-6,8,10H2,1-4H3;(H,6,7)/b12-9+;. The van der Waals surface area contributed by atoms with Gasteiger partial charge in [0.2, 0.25) is 0 Å². The minimum atomic E-state index is -5.19. The molecule has 0 unspecified atom stereocenters. The zero-order valence-corrected chi connectivity index (χ0v) is 12.5. The quantitative estimate of drug-likeness (QED) is 0.597. The van der Waals surface area contributed by atoms with Crippen LogP contribution >= 0.6 is 0 Å². The highest BCUT2D eigenvalue weighted by Gasteiger charge is 2.28. The number of carbonyl (C=O) groups excluding carboxylic acids is 1. The Morgan fingerprint density at radius 2 is 1.65 bits per heavy atom. The molecule has 0 aliphatic rings. The molecule has 0 aliphatic heterocycles. The summed E-state index contributed by atoms with van der Waals surface area (Å²) in [4.78, 5) is 8.78. The highest BCUT2D eigenvalue weighted by molar-refractivity contribution is 5.70. The van der Waals surface area contributed by atoms with Crippen LogP contribution in [0.5, 0.6) is 0 Å². The van der Waals surface area contributed by atoms with Gasteiger partial charge in [-0.05, 0) is 33.6 Å². The lowest BCUT2D eigenvalue weighted by Gasteiger charge is -2.03. The first-order valence-electron chi connectivity index (χ1n) is 6.46. The number of carboxylic acids is 1. The number of carbonyl (C=O) groups is 1. The smallest absolute Gasteiger partial charge is 0.430 e. The van der Waals surface area contributed by atoms with E-state index < -0.39 is 12.1 Å². The molecule has 0 aromatic carbocycles. The molecule has 0 bridgehead atoms. The van der Waals surface area contributed by atoms with Gasteiger partial charge < -0.3 is 15.2 Å². The predicted octanol–water partition coefficient (Wildman–Crippen LogP) is 1.56. The number of carboxylic acid groups (broad SMARTS) is 1. The van der Waals surface area contributed by atoms with E-state index in [9.17, 15) is 13.2 Å². The molecule has 118 valence electrons. The minimum absolute atomic E-state index is 1.19. The topological polar surface area (TPSA) is 56.7 Å². The van der Waals surface area contributed by atoms with Crippen LogP contribution in [0.4, 0.5) is 13.2 Å². The molecule has 0 radical (unpaired) electrons. The summed E-state index contributed by atoms with van der Waals surface area (Å²) in [5, 5.41) is 11.0. The van der Waals surface area contributed by atoms with Crippen molar-refractivity contribution in [3.63, 3.8) is 0 Å². The van der Waals surface area contributed by atoms with Crippen LogP contribution in [0.2, 0.25) is 0 Å².